The maximum atomic E-state index is 15.3. The first kappa shape index (κ1) is 28.2. The van der Waals surface area contributed by atoms with Crippen molar-refractivity contribution in [2.45, 2.75) is 44.7 Å². The molecule has 1 heterocycles. The number of carbonyl (C=O) groups excluding carboxylic acids is 1. The molecule has 0 atom stereocenters. The largest absolute Gasteiger partial charge is 0.417 e. The van der Waals surface area contributed by atoms with Gasteiger partial charge in [0, 0.05) is 24.1 Å². The summed E-state index contributed by atoms with van der Waals surface area (Å²) < 4.78 is 114. The second kappa shape index (κ2) is 11.1. The van der Waals surface area contributed by atoms with Crippen LogP contribution in [0.3, 0.4) is 0 Å². The van der Waals surface area contributed by atoms with E-state index in [4.69, 9.17) is 4.74 Å². The minimum atomic E-state index is -5.11. The van der Waals surface area contributed by atoms with E-state index < -0.39 is 82.2 Å². The monoisotopic (exact) mass is 561 g/mol. The van der Waals surface area contributed by atoms with Gasteiger partial charge in [0.25, 0.3) is 12.0 Å². The number of aromatic amines is 1. The number of carbonyl (C=O) groups is 1. The molecule has 1 aromatic heterocycles. The smallest absolute Gasteiger partial charge is 0.373 e. The quantitative estimate of drug-likeness (QED) is 0.360. The number of aromatic nitrogens is 2. The van der Waals surface area contributed by atoms with Crippen LogP contribution in [0.5, 0.6) is 0 Å². The molecule has 1 aliphatic rings. The fourth-order valence-corrected chi connectivity index (χ4v) is 4.02. The van der Waals surface area contributed by atoms with Crippen LogP contribution in [0.1, 0.15) is 41.7 Å². The van der Waals surface area contributed by atoms with Gasteiger partial charge in [-0.25, -0.2) is 26.9 Å². The van der Waals surface area contributed by atoms with Gasteiger partial charge >= 0.3 is 6.18 Å². The summed E-state index contributed by atoms with van der Waals surface area (Å²) in [6.45, 7) is -0.551. The highest BCUT2D eigenvalue weighted by atomic mass is 19.4. The number of ether oxygens (including phenoxy) is 1. The van der Waals surface area contributed by atoms with Crippen molar-refractivity contribution in [2.24, 2.45) is 5.92 Å². The molecule has 6 nitrogen and oxygen atoms in total. The van der Waals surface area contributed by atoms with E-state index in [1.807, 2.05) is 4.98 Å². The number of nitrogens with zero attached hydrogens (tertiary/aromatic N) is 1. The Morgan fingerprint density at radius 2 is 1.79 bits per heavy atom. The van der Waals surface area contributed by atoms with Crippen LogP contribution in [0, 0.1) is 23.4 Å². The van der Waals surface area contributed by atoms with Crippen LogP contribution in [0.2, 0.25) is 0 Å². The molecule has 1 fully saturated rings. The van der Waals surface area contributed by atoms with Crippen LogP contribution in [0.4, 0.5) is 35.1 Å². The van der Waals surface area contributed by atoms with Crippen LogP contribution in [0.25, 0.3) is 11.4 Å². The van der Waals surface area contributed by atoms with Gasteiger partial charge < -0.3 is 15.0 Å². The Morgan fingerprint density at radius 3 is 2.44 bits per heavy atom. The minimum absolute atomic E-state index is 0.0152. The van der Waals surface area contributed by atoms with Gasteiger partial charge in [-0.2, -0.15) is 13.2 Å². The Labute approximate surface area is 215 Å². The number of nitrogens with one attached hydrogen (secondary N) is 2. The Morgan fingerprint density at radius 1 is 1.08 bits per heavy atom. The minimum Gasteiger partial charge on any atom is -0.373 e. The molecule has 0 saturated heterocycles. The van der Waals surface area contributed by atoms with Gasteiger partial charge in [0.15, 0.2) is 11.6 Å². The van der Waals surface area contributed by atoms with Crippen molar-refractivity contribution in [3.63, 3.8) is 0 Å². The third kappa shape index (κ3) is 6.44. The first-order valence-electron chi connectivity index (χ1n) is 11.4. The summed E-state index contributed by atoms with van der Waals surface area (Å²) in [5.74, 6) is -5.63. The molecule has 1 aliphatic carbocycles. The summed E-state index contributed by atoms with van der Waals surface area (Å²) >= 11 is 0. The number of hydrogen-bond donors (Lipinski definition) is 2. The lowest BCUT2D eigenvalue weighted by atomic mass is 9.81. The summed E-state index contributed by atoms with van der Waals surface area (Å²) in [6, 6.07) is 4.96. The van der Waals surface area contributed by atoms with Crippen molar-refractivity contribution in [3.05, 3.63) is 86.6 Å². The van der Waals surface area contributed by atoms with Gasteiger partial charge in [-0.15, -0.1) is 0 Å². The summed E-state index contributed by atoms with van der Waals surface area (Å²) in [7, 11) is 0. The molecule has 0 spiro atoms. The Kier molecular flexibility index (Phi) is 8.04. The van der Waals surface area contributed by atoms with E-state index in [0.29, 0.717) is 17.7 Å². The highest BCUT2D eigenvalue weighted by Crippen LogP contribution is 2.39. The summed E-state index contributed by atoms with van der Waals surface area (Å²) in [6.07, 6.45) is -8.23. The molecule has 1 saturated carbocycles. The molecular weight excluding hydrogens is 542 g/mol. The third-order valence-corrected chi connectivity index (χ3v) is 6.14. The molecular formula is C25H19F8N3O3. The Hall–Kier alpha value is -3.81. The molecule has 0 radical (unpaired) electrons. The summed E-state index contributed by atoms with van der Waals surface area (Å²) in [5, 5.41) is 2.41. The van der Waals surface area contributed by atoms with Crippen molar-refractivity contribution in [1.29, 1.82) is 0 Å². The maximum absolute atomic E-state index is 15.3. The van der Waals surface area contributed by atoms with Crippen molar-refractivity contribution in [1.82, 2.24) is 15.3 Å². The first-order valence-corrected chi connectivity index (χ1v) is 11.4. The number of halogens is 8. The van der Waals surface area contributed by atoms with Crippen LogP contribution < -0.4 is 10.9 Å². The fourth-order valence-electron chi connectivity index (χ4n) is 4.02. The predicted octanol–water partition coefficient (Wildman–Crippen LogP) is 5.42. The van der Waals surface area contributed by atoms with E-state index in [-0.39, 0.29) is 25.6 Å². The van der Waals surface area contributed by atoms with Crippen LogP contribution in [-0.4, -0.2) is 22.0 Å². The zero-order valence-corrected chi connectivity index (χ0v) is 19.7. The van der Waals surface area contributed by atoms with Gasteiger partial charge in [0.2, 0.25) is 5.91 Å². The number of rotatable bonds is 8. The van der Waals surface area contributed by atoms with E-state index in [0.717, 1.165) is 18.2 Å². The standard InChI is InChI=1S/C25H19F8N3O3/c26-16-4-1-11(5-17(16)27)10-39-14-6-13(7-14)24(38)34-9-12-2-3-15(25(31,32)33)20(21(12)28)23-35-18(22(29)30)8-19(37)36-23/h1-5,8,13-14,22H,6-7,9-10H2,(H,34,38)(H,35,36,37)/t13-,14-. The second-order valence-corrected chi connectivity index (χ2v) is 8.85. The van der Waals surface area contributed by atoms with Gasteiger partial charge in [-0.05, 0) is 36.6 Å². The Bertz CT molecular complexity index is 1440. The Balaban J connectivity index is 1.43. The highest BCUT2D eigenvalue weighted by molar-refractivity contribution is 5.79. The highest BCUT2D eigenvalue weighted by Gasteiger charge is 2.38. The molecule has 2 N–H and O–H groups in total. The summed E-state index contributed by atoms with van der Waals surface area (Å²) in [4.78, 5) is 29.3. The molecule has 4 rings (SSSR count). The van der Waals surface area contributed by atoms with Crippen molar-refractivity contribution in [3.8, 4) is 11.4 Å². The van der Waals surface area contributed by atoms with Crippen LogP contribution in [0.15, 0.2) is 41.2 Å². The molecule has 0 unspecified atom stereocenters. The zero-order chi connectivity index (χ0) is 28.5. The van der Waals surface area contributed by atoms with E-state index in [2.05, 4.69) is 10.3 Å². The molecule has 3 aromatic rings. The number of benzene rings is 2. The van der Waals surface area contributed by atoms with Crippen molar-refractivity contribution in [2.75, 3.05) is 0 Å². The van der Waals surface area contributed by atoms with E-state index in [9.17, 15) is 40.3 Å². The van der Waals surface area contributed by atoms with Gasteiger partial charge in [0.05, 0.1) is 23.8 Å². The van der Waals surface area contributed by atoms with Gasteiger partial charge in [0.1, 0.15) is 17.3 Å². The molecule has 39 heavy (non-hydrogen) atoms. The predicted molar refractivity (Wildman–Crippen MR) is 120 cm³/mol. The molecule has 0 bridgehead atoms. The second-order valence-electron chi connectivity index (χ2n) is 8.85. The molecule has 1 amide bonds. The van der Waals surface area contributed by atoms with Crippen molar-refractivity contribution < 1.29 is 44.7 Å². The third-order valence-electron chi connectivity index (χ3n) is 6.14. The molecule has 2 aromatic carbocycles. The van der Waals surface area contributed by atoms with Gasteiger partial charge in [-0.3, -0.25) is 9.59 Å². The number of alkyl halides is 5. The maximum Gasteiger partial charge on any atom is 0.417 e. The van der Waals surface area contributed by atoms with Gasteiger partial charge in [-0.1, -0.05) is 12.1 Å². The average molecular weight is 561 g/mol. The molecule has 0 aliphatic heterocycles. The molecule has 208 valence electrons. The SMILES string of the molecule is O=c1cc(C(F)F)nc(-c2c(C(F)(F)F)ccc(CNC(=O)[C@H]3C[C@H](OCc4ccc(F)c(F)c4)C3)c2F)[nH]1. The first-order chi connectivity index (χ1) is 18.3. The lowest BCUT2D eigenvalue weighted by Crippen LogP contribution is -2.42. The van der Waals surface area contributed by atoms with E-state index in [1.54, 1.807) is 0 Å². The fraction of sp³-hybridized carbons (Fsp3) is 0.320. The van der Waals surface area contributed by atoms with E-state index in [1.165, 1.54) is 6.07 Å². The zero-order valence-electron chi connectivity index (χ0n) is 19.7. The lowest BCUT2D eigenvalue weighted by Gasteiger charge is -2.34. The average Bonchev–Trinajstić information content (AvgIpc) is 2.83. The van der Waals surface area contributed by atoms with Crippen LogP contribution in [-0.2, 0) is 28.9 Å². The topological polar surface area (TPSA) is 84.1 Å². The van der Waals surface area contributed by atoms with E-state index >= 15 is 4.39 Å². The lowest BCUT2D eigenvalue weighted by molar-refractivity contribution is -0.137. The number of H-pyrrole nitrogens is 1. The molecule has 14 heteroatoms. The number of hydrogen-bond acceptors (Lipinski definition) is 4. The van der Waals surface area contributed by atoms with Crippen LogP contribution >= 0.6 is 0 Å². The normalized spacial score (nSPS) is 17.3. The van der Waals surface area contributed by atoms with Crippen molar-refractivity contribution >= 4 is 5.91 Å². The summed E-state index contributed by atoms with van der Waals surface area (Å²) in [5.41, 5.74) is -5.13. The number of amides is 1.